The third-order valence-corrected chi connectivity index (χ3v) is 5.43. The van der Waals surface area contributed by atoms with Crippen LogP contribution in [0.4, 0.5) is 8.78 Å². The van der Waals surface area contributed by atoms with Crippen molar-refractivity contribution >= 4 is 11.8 Å². The van der Waals surface area contributed by atoms with Crippen LogP contribution in [0.25, 0.3) is 0 Å². The van der Waals surface area contributed by atoms with Crippen LogP contribution in [0.1, 0.15) is 43.7 Å². The number of hydrogen-bond donors (Lipinski definition) is 1. The number of nitrogens with zero attached hydrogens (tertiary/aromatic N) is 1. The molecule has 2 amide bonds. The highest BCUT2D eigenvalue weighted by atomic mass is 19.1. The van der Waals surface area contributed by atoms with Crippen molar-refractivity contribution in [2.45, 2.75) is 57.7 Å². The molecule has 0 radical (unpaired) electrons. The molecule has 0 aliphatic heterocycles. The molecule has 3 rings (SSSR count). The van der Waals surface area contributed by atoms with Gasteiger partial charge in [-0.3, -0.25) is 9.59 Å². The van der Waals surface area contributed by atoms with Gasteiger partial charge in [0.1, 0.15) is 17.7 Å². The molecule has 1 saturated carbocycles. The lowest BCUT2D eigenvalue weighted by Gasteiger charge is -2.30. The summed E-state index contributed by atoms with van der Waals surface area (Å²) >= 11 is 0. The highest BCUT2D eigenvalue weighted by Crippen LogP contribution is 2.19. The second kappa shape index (κ2) is 9.63. The van der Waals surface area contributed by atoms with E-state index in [0.717, 1.165) is 25.7 Å². The van der Waals surface area contributed by atoms with Crippen molar-refractivity contribution in [3.05, 3.63) is 71.3 Å². The number of halogens is 2. The van der Waals surface area contributed by atoms with Gasteiger partial charge in [0.15, 0.2) is 0 Å². The summed E-state index contributed by atoms with van der Waals surface area (Å²) in [6, 6.07) is 11.3. The smallest absolute Gasteiger partial charge is 0.242 e. The molecule has 1 atom stereocenters. The summed E-state index contributed by atoms with van der Waals surface area (Å²) in [4.78, 5) is 27.2. The zero-order valence-corrected chi connectivity index (χ0v) is 16.5. The van der Waals surface area contributed by atoms with Crippen molar-refractivity contribution < 1.29 is 18.4 Å². The lowest BCUT2D eigenvalue weighted by atomic mass is 10.1. The highest BCUT2D eigenvalue weighted by Gasteiger charge is 2.28. The number of carbonyl (C=O) groups excluding carboxylic acids is 2. The molecule has 0 spiro atoms. The Kier molecular flexibility index (Phi) is 6.96. The summed E-state index contributed by atoms with van der Waals surface area (Å²) in [6.07, 6.45) is 3.92. The quantitative estimate of drug-likeness (QED) is 0.764. The number of carbonyl (C=O) groups is 2. The number of amides is 2. The molecule has 0 aromatic heterocycles. The molecule has 4 nitrogen and oxygen atoms in total. The van der Waals surface area contributed by atoms with Crippen LogP contribution >= 0.6 is 0 Å². The van der Waals surface area contributed by atoms with Crippen molar-refractivity contribution in [1.29, 1.82) is 0 Å². The third-order valence-electron chi connectivity index (χ3n) is 5.43. The van der Waals surface area contributed by atoms with Crippen molar-refractivity contribution in [1.82, 2.24) is 10.2 Å². The maximum Gasteiger partial charge on any atom is 0.242 e. The Bertz CT molecular complexity index is 848. The van der Waals surface area contributed by atoms with Gasteiger partial charge in [0, 0.05) is 12.6 Å². The Morgan fingerprint density at radius 2 is 1.72 bits per heavy atom. The molecule has 0 unspecified atom stereocenters. The van der Waals surface area contributed by atoms with Gasteiger partial charge >= 0.3 is 0 Å². The van der Waals surface area contributed by atoms with E-state index in [2.05, 4.69) is 5.32 Å². The number of hydrogen-bond acceptors (Lipinski definition) is 2. The van der Waals surface area contributed by atoms with Crippen LogP contribution in [-0.4, -0.2) is 28.8 Å². The first-order valence-corrected chi connectivity index (χ1v) is 10.0. The maximum atomic E-state index is 14.0. The number of benzene rings is 2. The molecule has 1 N–H and O–H groups in total. The average Bonchev–Trinajstić information content (AvgIpc) is 3.21. The topological polar surface area (TPSA) is 49.4 Å². The van der Waals surface area contributed by atoms with E-state index in [4.69, 9.17) is 0 Å². The molecular formula is C23H26F2N2O2. The van der Waals surface area contributed by atoms with Gasteiger partial charge in [0.2, 0.25) is 11.8 Å². The molecule has 0 bridgehead atoms. The second-order valence-corrected chi connectivity index (χ2v) is 7.58. The Morgan fingerprint density at radius 1 is 1.07 bits per heavy atom. The van der Waals surface area contributed by atoms with Gasteiger partial charge in [-0.2, -0.15) is 0 Å². The molecule has 0 heterocycles. The fraction of sp³-hybridized carbons (Fsp3) is 0.391. The summed E-state index contributed by atoms with van der Waals surface area (Å²) in [5, 5.41) is 3.02. The Morgan fingerprint density at radius 3 is 2.38 bits per heavy atom. The maximum absolute atomic E-state index is 14.0. The van der Waals surface area contributed by atoms with E-state index in [1.165, 1.54) is 23.1 Å². The predicted molar refractivity (Wildman–Crippen MR) is 107 cm³/mol. The second-order valence-electron chi connectivity index (χ2n) is 7.58. The Hall–Kier alpha value is -2.76. The normalized spacial score (nSPS) is 15.1. The summed E-state index contributed by atoms with van der Waals surface area (Å²) < 4.78 is 27.3. The molecule has 154 valence electrons. The molecule has 2 aromatic carbocycles. The number of nitrogens with one attached hydrogen (secondary N) is 1. The van der Waals surface area contributed by atoms with Gasteiger partial charge in [0.05, 0.1) is 6.42 Å². The lowest BCUT2D eigenvalue weighted by Crippen LogP contribution is -2.50. The van der Waals surface area contributed by atoms with Crippen LogP contribution in [0, 0.1) is 11.6 Å². The van der Waals surface area contributed by atoms with Crippen molar-refractivity contribution in [2.75, 3.05) is 0 Å². The van der Waals surface area contributed by atoms with Gasteiger partial charge in [-0.1, -0.05) is 43.2 Å². The van der Waals surface area contributed by atoms with E-state index in [9.17, 15) is 18.4 Å². The van der Waals surface area contributed by atoms with Crippen LogP contribution in [0.3, 0.4) is 0 Å². The first kappa shape index (κ1) is 21.0. The zero-order chi connectivity index (χ0) is 20.8. The fourth-order valence-corrected chi connectivity index (χ4v) is 3.67. The largest absolute Gasteiger partial charge is 0.352 e. The van der Waals surface area contributed by atoms with Crippen LogP contribution in [-0.2, 0) is 22.6 Å². The van der Waals surface area contributed by atoms with E-state index in [-0.39, 0.29) is 42.2 Å². The molecule has 1 aliphatic carbocycles. The van der Waals surface area contributed by atoms with Gasteiger partial charge in [-0.25, -0.2) is 8.78 Å². The zero-order valence-electron chi connectivity index (χ0n) is 16.5. The molecule has 2 aromatic rings. The standard InChI is InChI=1S/C23H26F2N2O2/c1-16(23(29)26-20-7-3-4-8-20)27(15-17-10-12-19(24)13-11-17)22(28)14-18-6-2-5-9-21(18)25/h2,5-6,9-13,16,20H,3-4,7-8,14-15H2,1H3,(H,26,29)/t16-/m0/s1. The van der Waals surface area contributed by atoms with Gasteiger partial charge in [-0.05, 0) is 49.1 Å². The summed E-state index contributed by atoms with van der Waals surface area (Å²) in [5.41, 5.74) is 0.985. The SMILES string of the molecule is C[C@@H](C(=O)NC1CCCC1)N(Cc1ccc(F)cc1)C(=O)Cc1ccccc1F. The van der Waals surface area contributed by atoms with Crippen LogP contribution in [0.5, 0.6) is 0 Å². The first-order valence-electron chi connectivity index (χ1n) is 10.0. The lowest BCUT2D eigenvalue weighted by molar-refractivity contribution is -0.140. The molecule has 29 heavy (non-hydrogen) atoms. The average molecular weight is 400 g/mol. The summed E-state index contributed by atoms with van der Waals surface area (Å²) in [7, 11) is 0. The molecule has 6 heteroatoms. The minimum atomic E-state index is -0.722. The molecular weight excluding hydrogens is 374 g/mol. The first-order chi connectivity index (χ1) is 13.9. The monoisotopic (exact) mass is 400 g/mol. The van der Waals surface area contributed by atoms with Crippen LogP contribution in [0.2, 0.25) is 0 Å². The minimum absolute atomic E-state index is 0.138. The Labute approximate surface area is 169 Å². The van der Waals surface area contributed by atoms with E-state index in [1.807, 2.05) is 0 Å². The molecule has 1 aliphatic rings. The third kappa shape index (κ3) is 5.62. The van der Waals surface area contributed by atoms with E-state index >= 15 is 0 Å². The molecule has 1 fully saturated rings. The fourth-order valence-electron chi connectivity index (χ4n) is 3.67. The van der Waals surface area contributed by atoms with Gasteiger partial charge in [0.25, 0.3) is 0 Å². The van der Waals surface area contributed by atoms with Gasteiger partial charge < -0.3 is 10.2 Å². The van der Waals surface area contributed by atoms with Crippen molar-refractivity contribution in [2.24, 2.45) is 0 Å². The minimum Gasteiger partial charge on any atom is -0.352 e. The van der Waals surface area contributed by atoms with Crippen molar-refractivity contribution in [3.63, 3.8) is 0 Å². The van der Waals surface area contributed by atoms with Crippen LogP contribution < -0.4 is 5.32 Å². The van der Waals surface area contributed by atoms with Crippen LogP contribution in [0.15, 0.2) is 48.5 Å². The van der Waals surface area contributed by atoms with Crippen molar-refractivity contribution in [3.8, 4) is 0 Å². The highest BCUT2D eigenvalue weighted by molar-refractivity contribution is 5.88. The predicted octanol–water partition coefficient (Wildman–Crippen LogP) is 3.98. The van der Waals surface area contributed by atoms with E-state index in [1.54, 1.807) is 37.3 Å². The van der Waals surface area contributed by atoms with Gasteiger partial charge in [-0.15, -0.1) is 0 Å². The summed E-state index contributed by atoms with van der Waals surface area (Å²) in [5.74, 6) is -1.40. The molecule has 0 saturated heterocycles. The Balaban J connectivity index is 1.77. The summed E-state index contributed by atoms with van der Waals surface area (Å²) in [6.45, 7) is 1.82. The van der Waals surface area contributed by atoms with E-state index < -0.39 is 11.9 Å². The van der Waals surface area contributed by atoms with E-state index in [0.29, 0.717) is 5.56 Å². The number of rotatable bonds is 7.